The molecule has 1 aromatic rings. The lowest BCUT2D eigenvalue weighted by Gasteiger charge is -2.41. The molecule has 142 valence electrons. The number of piperazine rings is 1. The summed E-state index contributed by atoms with van der Waals surface area (Å²) < 4.78 is 19.3. The largest absolute Gasteiger partial charge is 0.444 e. The molecule has 1 aliphatic rings. The van der Waals surface area contributed by atoms with Gasteiger partial charge < -0.3 is 19.9 Å². The third-order valence-corrected chi connectivity index (χ3v) is 4.05. The van der Waals surface area contributed by atoms with E-state index in [1.807, 2.05) is 32.6 Å². The predicted octanol–water partition coefficient (Wildman–Crippen LogP) is 2.65. The van der Waals surface area contributed by atoms with E-state index < -0.39 is 11.4 Å². The summed E-state index contributed by atoms with van der Waals surface area (Å²) in [4.78, 5) is 37.7. The number of benzene rings is 1. The van der Waals surface area contributed by atoms with E-state index in [4.69, 9.17) is 4.74 Å². The van der Waals surface area contributed by atoms with E-state index in [-0.39, 0.29) is 23.4 Å². The van der Waals surface area contributed by atoms with Crippen molar-refractivity contribution in [2.75, 3.05) is 29.9 Å². The average Bonchev–Trinajstić information content (AvgIpc) is 2.53. The number of carbonyl (C=O) groups is 3. The minimum atomic E-state index is -0.700. The summed E-state index contributed by atoms with van der Waals surface area (Å²) in [5, 5.41) is 2.46. The van der Waals surface area contributed by atoms with Crippen LogP contribution in [-0.2, 0) is 9.53 Å². The number of carbonyl (C=O) groups excluding carboxylic acids is 3. The van der Waals surface area contributed by atoms with E-state index in [0.717, 1.165) is 6.07 Å². The molecular formula is C18H24FN3O4. The number of nitrogens with zero attached hydrogens (tertiary/aromatic N) is 2. The van der Waals surface area contributed by atoms with Gasteiger partial charge in [0.05, 0.1) is 16.9 Å². The van der Waals surface area contributed by atoms with Crippen LogP contribution in [-0.4, -0.2) is 55.0 Å². The number of anilines is 2. The molecule has 7 nitrogen and oxygen atoms in total. The van der Waals surface area contributed by atoms with Gasteiger partial charge >= 0.3 is 6.09 Å². The minimum absolute atomic E-state index is 0.0846. The van der Waals surface area contributed by atoms with Crippen molar-refractivity contribution in [3.05, 3.63) is 23.5 Å². The minimum Gasteiger partial charge on any atom is -0.444 e. The monoisotopic (exact) mass is 365 g/mol. The molecular weight excluding hydrogens is 341 g/mol. The van der Waals surface area contributed by atoms with Gasteiger partial charge in [-0.05, 0) is 33.8 Å². The second-order valence-corrected chi connectivity index (χ2v) is 7.24. The molecule has 2 amide bonds. The summed E-state index contributed by atoms with van der Waals surface area (Å²) >= 11 is 0. The molecule has 0 saturated carbocycles. The smallest absolute Gasteiger partial charge is 0.410 e. The van der Waals surface area contributed by atoms with Crippen LogP contribution in [0.5, 0.6) is 0 Å². The fraction of sp³-hybridized carbons (Fsp3) is 0.500. The third kappa shape index (κ3) is 4.50. The van der Waals surface area contributed by atoms with Crippen molar-refractivity contribution in [2.45, 2.75) is 39.3 Å². The average molecular weight is 365 g/mol. The molecule has 1 saturated heterocycles. The van der Waals surface area contributed by atoms with Gasteiger partial charge in [0.2, 0.25) is 6.41 Å². The zero-order chi connectivity index (χ0) is 19.5. The summed E-state index contributed by atoms with van der Waals surface area (Å²) in [5.41, 5.74) is 0.154. The van der Waals surface area contributed by atoms with Crippen LogP contribution in [0, 0.1) is 5.82 Å². The van der Waals surface area contributed by atoms with E-state index in [9.17, 15) is 18.8 Å². The van der Waals surface area contributed by atoms with Gasteiger partial charge in [-0.3, -0.25) is 9.59 Å². The number of hydrogen-bond donors (Lipinski definition) is 1. The molecule has 0 aromatic heterocycles. The van der Waals surface area contributed by atoms with Crippen LogP contribution in [0.2, 0.25) is 0 Å². The Morgan fingerprint density at radius 3 is 2.54 bits per heavy atom. The van der Waals surface area contributed by atoms with E-state index >= 15 is 0 Å². The van der Waals surface area contributed by atoms with Crippen LogP contribution >= 0.6 is 0 Å². The highest BCUT2D eigenvalue weighted by molar-refractivity contribution is 5.87. The number of nitrogens with one attached hydrogen (secondary N) is 1. The first-order valence-electron chi connectivity index (χ1n) is 8.39. The van der Waals surface area contributed by atoms with Crippen molar-refractivity contribution < 1.29 is 23.5 Å². The van der Waals surface area contributed by atoms with Crippen molar-refractivity contribution >= 4 is 30.2 Å². The van der Waals surface area contributed by atoms with E-state index in [0.29, 0.717) is 38.0 Å². The van der Waals surface area contributed by atoms with Crippen LogP contribution in [0.25, 0.3) is 0 Å². The lowest BCUT2D eigenvalue weighted by Crippen LogP contribution is -2.55. The van der Waals surface area contributed by atoms with Crippen molar-refractivity contribution in [2.24, 2.45) is 0 Å². The molecule has 8 heteroatoms. The molecule has 1 N–H and O–H groups in total. The molecule has 0 spiro atoms. The first-order valence-corrected chi connectivity index (χ1v) is 8.39. The van der Waals surface area contributed by atoms with Crippen molar-refractivity contribution in [3.63, 3.8) is 0 Å². The molecule has 1 fully saturated rings. The van der Waals surface area contributed by atoms with Crippen molar-refractivity contribution in [1.82, 2.24) is 4.90 Å². The molecule has 2 rings (SSSR count). The first kappa shape index (κ1) is 19.7. The Morgan fingerprint density at radius 2 is 2.00 bits per heavy atom. The van der Waals surface area contributed by atoms with Gasteiger partial charge in [-0.15, -0.1) is 0 Å². The van der Waals surface area contributed by atoms with Gasteiger partial charge in [-0.25, -0.2) is 9.18 Å². The van der Waals surface area contributed by atoms with Gasteiger partial charge in [-0.1, -0.05) is 0 Å². The lowest BCUT2D eigenvalue weighted by molar-refractivity contribution is -0.105. The number of halogens is 1. The third-order valence-electron chi connectivity index (χ3n) is 4.05. The second-order valence-electron chi connectivity index (χ2n) is 7.24. The van der Waals surface area contributed by atoms with Crippen molar-refractivity contribution in [1.29, 1.82) is 0 Å². The SMILES string of the molecule is C[C@H]1CN(c2cc(C=O)c(F)cc2NC=O)CCN1C(=O)OC(C)(C)C. The Labute approximate surface area is 152 Å². The van der Waals surface area contributed by atoms with Crippen LogP contribution in [0.4, 0.5) is 20.6 Å². The highest BCUT2D eigenvalue weighted by atomic mass is 19.1. The zero-order valence-corrected chi connectivity index (χ0v) is 15.4. The van der Waals surface area contributed by atoms with Gasteiger partial charge in [0.25, 0.3) is 0 Å². The maximum Gasteiger partial charge on any atom is 0.410 e. The highest BCUT2D eigenvalue weighted by Gasteiger charge is 2.31. The van der Waals surface area contributed by atoms with Gasteiger partial charge in [0.1, 0.15) is 11.4 Å². The Bertz CT molecular complexity index is 702. The second kappa shape index (κ2) is 7.72. The maximum absolute atomic E-state index is 13.8. The number of aldehydes is 1. The summed E-state index contributed by atoms with van der Waals surface area (Å²) in [6.07, 6.45) is 0.506. The molecule has 1 aromatic carbocycles. The fourth-order valence-corrected chi connectivity index (χ4v) is 2.88. The molecule has 1 heterocycles. The molecule has 26 heavy (non-hydrogen) atoms. The fourth-order valence-electron chi connectivity index (χ4n) is 2.88. The van der Waals surface area contributed by atoms with Crippen LogP contribution in [0.3, 0.4) is 0 Å². The summed E-state index contributed by atoms with van der Waals surface area (Å²) in [5.74, 6) is -0.700. The molecule has 1 aliphatic heterocycles. The normalized spacial score (nSPS) is 17.7. The Hall–Kier alpha value is -2.64. The van der Waals surface area contributed by atoms with Crippen LogP contribution < -0.4 is 10.2 Å². The zero-order valence-electron chi connectivity index (χ0n) is 15.4. The quantitative estimate of drug-likeness (QED) is 0.830. The standard InChI is InChI=1S/C18H24FN3O4/c1-12-9-21(5-6-22(12)17(25)26-18(2,3)4)16-7-13(10-23)14(19)8-15(16)20-11-24/h7-8,10-12H,5-6,9H2,1-4H3,(H,20,24)/t12-/m0/s1. The summed E-state index contributed by atoms with van der Waals surface area (Å²) in [6, 6.07) is 2.37. The van der Waals surface area contributed by atoms with Gasteiger partial charge in [0.15, 0.2) is 6.29 Å². The molecule has 0 aliphatic carbocycles. The van der Waals surface area contributed by atoms with E-state index in [1.165, 1.54) is 6.07 Å². The number of amides is 2. The van der Waals surface area contributed by atoms with Gasteiger partial charge in [-0.2, -0.15) is 0 Å². The Kier molecular flexibility index (Phi) is 5.84. The van der Waals surface area contributed by atoms with Crippen LogP contribution in [0.1, 0.15) is 38.1 Å². The van der Waals surface area contributed by atoms with Gasteiger partial charge in [0, 0.05) is 31.7 Å². The summed E-state index contributed by atoms with van der Waals surface area (Å²) in [6.45, 7) is 8.63. The van der Waals surface area contributed by atoms with Crippen molar-refractivity contribution in [3.8, 4) is 0 Å². The predicted molar refractivity (Wildman–Crippen MR) is 96.1 cm³/mol. The number of hydrogen-bond acceptors (Lipinski definition) is 5. The Balaban J connectivity index is 2.21. The molecule has 0 bridgehead atoms. The lowest BCUT2D eigenvalue weighted by atomic mass is 10.1. The van der Waals surface area contributed by atoms with Crippen LogP contribution in [0.15, 0.2) is 12.1 Å². The molecule has 0 unspecified atom stereocenters. The van der Waals surface area contributed by atoms with E-state index in [2.05, 4.69) is 5.32 Å². The van der Waals surface area contributed by atoms with E-state index in [1.54, 1.807) is 4.90 Å². The highest BCUT2D eigenvalue weighted by Crippen LogP contribution is 2.30. The first-order chi connectivity index (χ1) is 12.2. The Morgan fingerprint density at radius 1 is 1.31 bits per heavy atom. The maximum atomic E-state index is 13.8. The topological polar surface area (TPSA) is 79.0 Å². The molecule has 1 atom stereocenters. The number of rotatable bonds is 4. The number of ether oxygens (including phenoxy) is 1. The molecule has 0 radical (unpaired) electrons. The summed E-state index contributed by atoms with van der Waals surface area (Å²) in [7, 11) is 0.